The number of benzene rings is 1. The summed E-state index contributed by atoms with van der Waals surface area (Å²) in [6.07, 6.45) is 2.51. The summed E-state index contributed by atoms with van der Waals surface area (Å²) in [4.78, 5) is 0. The first-order valence-electron chi connectivity index (χ1n) is 5.25. The lowest BCUT2D eigenvalue weighted by molar-refractivity contribution is 0.460. The molecule has 1 nitrogen and oxygen atoms in total. The summed E-state index contributed by atoms with van der Waals surface area (Å²) >= 11 is 5.83. The van der Waals surface area contributed by atoms with E-state index in [9.17, 15) is 0 Å². The normalized spacial score (nSPS) is 18.4. The van der Waals surface area contributed by atoms with Crippen molar-refractivity contribution >= 4 is 11.6 Å². The van der Waals surface area contributed by atoms with Gasteiger partial charge < -0.3 is 5.32 Å². The molecule has 0 unspecified atom stereocenters. The maximum Gasteiger partial charge on any atom is 0.0474 e. The van der Waals surface area contributed by atoms with Crippen LogP contribution in [-0.4, -0.2) is 13.1 Å². The van der Waals surface area contributed by atoms with Crippen LogP contribution in [0.15, 0.2) is 24.3 Å². The van der Waals surface area contributed by atoms with Gasteiger partial charge >= 0.3 is 0 Å². The van der Waals surface area contributed by atoms with Crippen LogP contribution in [0.1, 0.15) is 29.9 Å². The SMILES string of the molecule is ClCc1cccc(C2CCNCC2)c1. The molecule has 0 radical (unpaired) electrons. The molecule has 0 spiro atoms. The molecule has 14 heavy (non-hydrogen) atoms. The summed E-state index contributed by atoms with van der Waals surface area (Å²) in [6.45, 7) is 2.30. The van der Waals surface area contributed by atoms with Crippen molar-refractivity contribution in [3.8, 4) is 0 Å². The molecule has 0 bridgehead atoms. The highest BCUT2D eigenvalue weighted by Gasteiger charge is 2.14. The fourth-order valence-corrected chi connectivity index (χ4v) is 2.25. The Morgan fingerprint density at radius 3 is 2.79 bits per heavy atom. The van der Waals surface area contributed by atoms with Crippen LogP contribution >= 0.6 is 11.6 Å². The smallest absolute Gasteiger partial charge is 0.0474 e. The molecule has 76 valence electrons. The molecule has 0 aliphatic carbocycles. The van der Waals surface area contributed by atoms with Crippen molar-refractivity contribution < 1.29 is 0 Å². The highest BCUT2D eigenvalue weighted by Crippen LogP contribution is 2.25. The molecular formula is C12H16ClN. The summed E-state index contributed by atoms with van der Waals surface area (Å²) in [5, 5.41) is 3.39. The van der Waals surface area contributed by atoms with Crippen LogP contribution in [0.2, 0.25) is 0 Å². The minimum absolute atomic E-state index is 0.624. The van der Waals surface area contributed by atoms with Gasteiger partial charge in [-0.25, -0.2) is 0 Å². The second-order valence-corrected chi connectivity index (χ2v) is 4.17. The molecule has 1 N–H and O–H groups in total. The van der Waals surface area contributed by atoms with Crippen LogP contribution in [0.4, 0.5) is 0 Å². The Hall–Kier alpha value is -0.530. The van der Waals surface area contributed by atoms with Crippen molar-refractivity contribution in [2.75, 3.05) is 13.1 Å². The number of hydrogen-bond acceptors (Lipinski definition) is 1. The second kappa shape index (κ2) is 4.81. The quantitative estimate of drug-likeness (QED) is 0.739. The van der Waals surface area contributed by atoms with Crippen molar-refractivity contribution in [2.24, 2.45) is 0 Å². The minimum atomic E-state index is 0.624. The molecule has 1 fully saturated rings. The molecular weight excluding hydrogens is 194 g/mol. The van der Waals surface area contributed by atoms with Gasteiger partial charge in [-0.05, 0) is 43.0 Å². The molecule has 0 amide bonds. The predicted octanol–water partition coefficient (Wildman–Crippen LogP) is 2.89. The number of hydrogen-bond donors (Lipinski definition) is 1. The van der Waals surface area contributed by atoms with E-state index in [4.69, 9.17) is 11.6 Å². The van der Waals surface area contributed by atoms with Crippen LogP contribution in [0.3, 0.4) is 0 Å². The number of nitrogens with one attached hydrogen (secondary N) is 1. The average molecular weight is 210 g/mol. The van der Waals surface area contributed by atoms with Crippen LogP contribution in [-0.2, 0) is 5.88 Å². The molecule has 1 aliphatic heterocycles. The van der Waals surface area contributed by atoms with Crippen LogP contribution in [0.5, 0.6) is 0 Å². The third-order valence-electron chi connectivity index (χ3n) is 2.92. The second-order valence-electron chi connectivity index (χ2n) is 3.90. The largest absolute Gasteiger partial charge is 0.317 e. The van der Waals surface area contributed by atoms with E-state index in [1.165, 1.54) is 24.0 Å². The predicted molar refractivity (Wildman–Crippen MR) is 60.8 cm³/mol. The number of alkyl halides is 1. The lowest BCUT2D eigenvalue weighted by atomic mass is 9.89. The maximum atomic E-state index is 5.83. The molecule has 1 aliphatic rings. The minimum Gasteiger partial charge on any atom is -0.317 e. The van der Waals surface area contributed by atoms with Gasteiger partial charge in [-0.3, -0.25) is 0 Å². The van der Waals surface area contributed by atoms with E-state index in [1.807, 2.05) is 0 Å². The Kier molecular flexibility index (Phi) is 3.44. The lowest BCUT2D eigenvalue weighted by Crippen LogP contribution is -2.26. The third kappa shape index (κ3) is 2.28. The first-order chi connectivity index (χ1) is 6.90. The molecule has 1 aromatic carbocycles. The van der Waals surface area contributed by atoms with Crippen molar-refractivity contribution in [1.29, 1.82) is 0 Å². The highest BCUT2D eigenvalue weighted by molar-refractivity contribution is 6.17. The van der Waals surface area contributed by atoms with Crippen LogP contribution < -0.4 is 5.32 Å². The monoisotopic (exact) mass is 209 g/mol. The van der Waals surface area contributed by atoms with Crippen molar-refractivity contribution in [1.82, 2.24) is 5.32 Å². The van der Waals surface area contributed by atoms with E-state index in [0.717, 1.165) is 19.0 Å². The highest BCUT2D eigenvalue weighted by atomic mass is 35.5. The van der Waals surface area contributed by atoms with Crippen molar-refractivity contribution in [3.05, 3.63) is 35.4 Å². The zero-order valence-corrected chi connectivity index (χ0v) is 9.06. The zero-order valence-electron chi connectivity index (χ0n) is 8.30. The summed E-state index contributed by atoms with van der Waals surface area (Å²) in [6, 6.07) is 8.70. The molecule has 0 saturated carbocycles. The van der Waals surface area contributed by atoms with Gasteiger partial charge in [0, 0.05) is 5.88 Å². The Morgan fingerprint density at radius 1 is 1.29 bits per heavy atom. The first kappa shape index (κ1) is 10.0. The van der Waals surface area contributed by atoms with Crippen LogP contribution in [0, 0.1) is 0 Å². The summed E-state index contributed by atoms with van der Waals surface area (Å²) in [5.74, 6) is 1.36. The fraction of sp³-hybridized carbons (Fsp3) is 0.500. The van der Waals surface area contributed by atoms with Gasteiger partial charge in [0.1, 0.15) is 0 Å². The number of halogens is 1. The lowest BCUT2D eigenvalue weighted by Gasteiger charge is -2.23. The van der Waals surface area contributed by atoms with E-state index in [0.29, 0.717) is 5.88 Å². The molecule has 1 heterocycles. The maximum absolute atomic E-state index is 5.83. The van der Waals surface area contributed by atoms with E-state index in [2.05, 4.69) is 29.6 Å². The van der Waals surface area contributed by atoms with Gasteiger partial charge in [0.2, 0.25) is 0 Å². The fourth-order valence-electron chi connectivity index (χ4n) is 2.09. The Bertz CT molecular complexity index is 292. The topological polar surface area (TPSA) is 12.0 Å². The van der Waals surface area contributed by atoms with E-state index < -0.39 is 0 Å². The molecule has 1 aromatic rings. The summed E-state index contributed by atoms with van der Waals surface area (Å²) in [7, 11) is 0. The summed E-state index contributed by atoms with van der Waals surface area (Å²) < 4.78 is 0. The standard InChI is InChI=1S/C12H16ClN/c13-9-10-2-1-3-12(8-10)11-4-6-14-7-5-11/h1-3,8,11,14H,4-7,9H2. The van der Waals surface area contributed by atoms with Crippen LogP contribution in [0.25, 0.3) is 0 Å². The van der Waals surface area contributed by atoms with Gasteiger partial charge in [0.05, 0.1) is 0 Å². The van der Waals surface area contributed by atoms with Crippen molar-refractivity contribution in [3.63, 3.8) is 0 Å². The van der Waals surface area contributed by atoms with Gasteiger partial charge in [-0.1, -0.05) is 24.3 Å². The molecule has 2 rings (SSSR count). The Balaban J connectivity index is 2.13. The molecule has 0 atom stereocenters. The average Bonchev–Trinajstić information content (AvgIpc) is 2.30. The Morgan fingerprint density at radius 2 is 2.07 bits per heavy atom. The molecule has 2 heteroatoms. The van der Waals surface area contributed by atoms with Gasteiger partial charge in [-0.15, -0.1) is 11.6 Å². The number of piperidine rings is 1. The van der Waals surface area contributed by atoms with E-state index in [-0.39, 0.29) is 0 Å². The zero-order chi connectivity index (χ0) is 9.80. The molecule has 0 aromatic heterocycles. The van der Waals surface area contributed by atoms with E-state index in [1.54, 1.807) is 0 Å². The Labute approximate surface area is 90.5 Å². The van der Waals surface area contributed by atoms with Crippen molar-refractivity contribution in [2.45, 2.75) is 24.6 Å². The third-order valence-corrected chi connectivity index (χ3v) is 3.22. The number of rotatable bonds is 2. The molecule has 1 saturated heterocycles. The van der Waals surface area contributed by atoms with Gasteiger partial charge in [0.25, 0.3) is 0 Å². The summed E-state index contributed by atoms with van der Waals surface area (Å²) in [5.41, 5.74) is 2.70. The van der Waals surface area contributed by atoms with E-state index >= 15 is 0 Å². The first-order valence-corrected chi connectivity index (χ1v) is 5.79. The van der Waals surface area contributed by atoms with Gasteiger partial charge in [-0.2, -0.15) is 0 Å². The van der Waals surface area contributed by atoms with Gasteiger partial charge in [0.15, 0.2) is 0 Å².